The number of piperidine rings is 1. The van der Waals surface area contributed by atoms with E-state index in [1.165, 1.54) is 24.3 Å². The Bertz CT molecular complexity index is 796. The van der Waals surface area contributed by atoms with Gasteiger partial charge in [0, 0.05) is 12.6 Å². The van der Waals surface area contributed by atoms with E-state index in [4.69, 9.17) is 5.26 Å². The Morgan fingerprint density at radius 3 is 2.60 bits per heavy atom. The van der Waals surface area contributed by atoms with Crippen molar-refractivity contribution in [2.75, 3.05) is 19.6 Å². The van der Waals surface area contributed by atoms with Crippen molar-refractivity contribution in [1.29, 1.82) is 5.26 Å². The van der Waals surface area contributed by atoms with Gasteiger partial charge in [-0.2, -0.15) is 9.57 Å². The summed E-state index contributed by atoms with van der Waals surface area (Å²) in [6.07, 6.45) is 3.58. The van der Waals surface area contributed by atoms with Gasteiger partial charge < -0.3 is 5.11 Å². The van der Waals surface area contributed by atoms with Crippen molar-refractivity contribution in [1.82, 2.24) is 9.21 Å². The van der Waals surface area contributed by atoms with E-state index in [0.717, 1.165) is 36.7 Å². The molecule has 2 heterocycles. The fourth-order valence-corrected chi connectivity index (χ4v) is 5.36. The molecular weight excluding hydrogens is 342 g/mol. The molecule has 3 rings (SSSR count). The lowest BCUT2D eigenvalue weighted by Crippen LogP contribution is -2.42. The van der Waals surface area contributed by atoms with Gasteiger partial charge in [-0.05, 0) is 50.6 Å². The van der Waals surface area contributed by atoms with E-state index in [1.807, 2.05) is 6.07 Å². The highest BCUT2D eigenvalue weighted by molar-refractivity contribution is 7.89. The number of hydrogen-bond acceptors (Lipinski definition) is 5. The van der Waals surface area contributed by atoms with Crippen LogP contribution in [0, 0.1) is 11.3 Å². The van der Waals surface area contributed by atoms with Gasteiger partial charge in [-0.1, -0.05) is 12.5 Å². The molecule has 2 aliphatic heterocycles. The first kappa shape index (κ1) is 17.9. The number of rotatable bonds is 4. The van der Waals surface area contributed by atoms with Crippen LogP contribution in [0.1, 0.15) is 31.2 Å². The third-order valence-electron chi connectivity index (χ3n) is 5.00. The molecule has 2 atom stereocenters. The number of nitriles is 1. The van der Waals surface area contributed by atoms with Crippen LogP contribution in [-0.4, -0.2) is 60.4 Å². The number of aliphatic carboxylic acids is 1. The molecule has 2 saturated heterocycles. The summed E-state index contributed by atoms with van der Waals surface area (Å²) >= 11 is 0. The second kappa shape index (κ2) is 7.12. The Morgan fingerprint density at radius 2 is 1.96 bits per heavy atom. The lowest BCUT2D eigenvalue weighted by atomic mass is 10.1. The van der Waals surface area contributed by atoms with Crippen LogP contribution in [0.3, 0.4) is 0 Å². The highest BCUT2D eigenvalue weighted by Gasteiger charge is 2.45. The number of carboxylic acid groups (broad SMARTS) is 1. The van der Waals surface area contributed by atoms with Crippen LogP contribution in [0.5, 0.6) is 0 Å². The zero-order valence-electron chi connectivity index (χ0n) is 13.8. The van der Waals surface area contributed by atoms with Crippen molar-refractivity contribution in [3.05, 3.63) is 29.8 Å². The fourth-order valence-electron chi connectivity index (χ4n) is 3.68. The maximum absolute atomic E-state index is 13.0. The molecule has 0 amide bonds. The molecule has 1 unspecified atom stereocenters. The molecule has 7 nitrogen and oxygen atoms in total. The van der Waals surface area contributed by atoms with Crippen molar-refractivity contribution in [3.8, 4) is 6.07 Å². The molecule has 2 fully saturated rings. The zero-order valence-corrected chi connectivity index (χ0v) is 14.7. The molecule has 1 N–H and O–H groups in total. The number of carbonyl (C=O) groups is 1. The van der Waals surface area contributed by atoms with Crippen molar-refractivity contribution in [2.45, 2.75) is 42.7 Å². The SMILES string of the molecule is N#Cc1cccc(S(=O)(=O)N2C[C@H](N3CCCCC3)CC2C(=O)O)c1. The van der Waals surface area contributed by atoms with Gasteiger partial charge in [0.2, 0.25) is 10.0 Å². The summed E-state index contributed by atoms with van der Waals surface area (Å²) in [7, 11) is -3.96. The number of sulfonamides is 1. The van der Waals surface area contributed by atoms with Gasteiger partial charge in [-0.3, -0.25) is 9.69 Å². The average Bonchev–Trinajstić information content (AvgIpc) is 3.09. The summed E-state index contributed by atoms with van der Waals surface area (Å²) in [6, 6.07) is 6.50. The second-order valence-corrected chi connectivity index (χ2v) is 8.45. The molecule has 1 aromatic carbocycles. The molecule has 0 aliphatic carbocycles. The molecule has 0 saturated carbocycles. The quantitative estimate of drug-likeness (QED) is 0.864. The summed E-state index contributed by atoms with van der Waals surface area (Å²) in [5.41, 5.74) is 0.236. The predicted molar refractivity (Wildman–Crippen MR) is 90.3 cm³/mol. The summed E-state index contributed by atoms with van der Waals surface area (Å²) < 4.78 is 27.0. The van der Waals surface area contributed by atoms with E-state index in [2.05, 4.69) is 4.90 Å². The number of carboxylic acids is 1. The van der Waals surface area contributed by atoms with Crippen molar-refractivity contribution in [3.63, 3.8) is 0 Å². The van der Waals surface area contributed by atoms with Crippen LogP contribution in [0.4, 0.5) is 0 Å². The van der Waals surface area contributed by atoms with Crippen molar-refractivity contribution >= 4 is 16.0 Å². The molecule has 25 heavy (non-hydrogen) atoms. The first-order valence-corrected chi connectivity index (χ1v) is 9.86. The summed E-state index contributed by atoms with van der Waals surface area (Å²) in [5, 5.41) is 18.5. The minimum atomic E-state index is -3.96. The molecule has 0 bridgehead atoms. The van der Waals surface area contributed by atoms with Gasteiger partial charge in [0.15, 0.2) is 0 Å². The van der Waals surface area contributed by atoms with Crippen molar-refractivity contribution in [2.24, 2.45) is 0 Å². The standard InChI is InChI=1S/C17H21N3O4S/c18-11-13-5-4-6-15(9-13)25(23,24)20-12-14(10-16(20)17(21)22)19-7-2-1-3-8-19/h4-6,9,14,16H,1-3,7-8,10,12H2,(H,21,22)/t14-,16?/m1/s1. The summed E-state index contributed by atoms with van der Waals surface area (Å²) in [4.78, 5) is 13.8. The Morgan fingerprint density at radius 1 is 1.24 bits per heavy atom. The average molecular weight is 363 g/mol. The minimum Gasteiger partial charge on any atom is -0.480 e. The number of nitrogens with zero attached hydrogens (tertiary/aromatic N) is 3. The van der Waals surface area contributed by atoms with E-state index in [1.54, 1.807) is 0 Å². The van der Waals surface area contributed by atoms with E-state index in [0.29, 0.717) is 6.42 Å². The topological polar surface area (TPSA) is 102 Å². The molecule has 2 aliphatic rings. The molecule has 134 valence electrons. The molecule has 1 aromatic rings. The molecule has 0 spiro atoms. The van der Waals surface area contributed by atoms with Gasteiger partial charge in [0.1, 0.15) is 6.04 Å². The summed E-state index contributed by atoms with van der Waals surface area (Å²) in [6.45, 7) is 1.94. The van der Waals surface area contributed by atoms with E-state index in [9.17, 15) is 18.3 Å². The van der Waals surface area contributed by atoms with Gasteiger partial charge in [0.25, 0.3) is 0 Å². The van der Waals surface area contributed by atoms with E-state index < -0.39 is 22.0 Å². The van der Waals surface area contributed by atoms with Crippen LogP contribution in [0.25, 0.3) is 0 Å². The molecule has 0 aromatic heterocycles. The molecule has 0 radical (unpaired) electrons. The van der Waals surface area contributed by atoms with E-state index >= 15 is 0 Å². The highest BCUT2D eigenvalue weighted by atomic mass is 32.2. The maximum Gasteiger partial charge on any atom is 0.322 e. The van der Waals surface area contributed by atoms with Gasteiger partial charge in [-0.25, -0.2) is 8.42 Å². The third kappa shape index (κ3) is 3.54. The van der Waals surface area contributed by atoms with Crippen LogP contribution in [0.15, 0.2) is 29.2 Å². The monoisotopic (exact) mass is 363 g/mol. The normalized spacial score (nSPS) is 25.6. The van der Waals surface area contributed by atoms with Crippen LogP contribution in [0.2, 0.25) is 0 Å². The highest BCUT2D eigenvalue weighted by Crippen LogP contribution is 2.30. The fraction of sp³-hybridized carbons (Fsp3) is 0.529. The molecule has 8 heteroatoms. The first-order valence-electron chi connectivity index (χ1n) is 8.42. The van der Waals surface area contributed by atoms with Gasteiger partial charge >= 0.3 is 5.97 Å². The number of hydrogen-bond donors (Lipinski definition) is 1. The number of likely N-dealkylation sites (tertiary alicyclic amines) is 1. The zero-order chi connectivity index (χ0) is 18.0. The third-order valence-corrected chi connectivity index (χ3v) is 6.87. The second-order valence-electron chi connectivity index (χ2n) is 6.55. The predicted octanol–water partition coefficient (Wildman–Crippen LogP) is 1.26. The van der Waals surface area contributed by atoms with Crippen LogP contribution in [-0.2, 0) is 14.8 Å². The Kier molecular flexibility index (Phi) is 5.08. The van der Waals surface area contributed by atoms with Crippen molar-refractivity contribution < 1.29 is 18.3 Å². The van der Waals surface area contributed by atoms with Gasteiger partial charge in [-0.15, -0.1) is 0 Å². The smallest absolute Gasteiger partial charge is 0.322 e. The Hall–Kier alpha value is -1.95. The van der Waals surface area contributed by atoms with Gasteiger partial charge in [0.05, 0.1) is 16.5 Å². The Balaban J connectivity index is 1.89. The Labute approximate surface area is 147 Å². The van der Waals surface area contributed by atoms with E-state index in [-0.39, 0.29) is 23.0 Å². The number of benzene rings is 1. The minimum absolute atomic E-state index is 0.0305. The summed E-state index contributed by atoms with van der Waals surface area (Å²) in [5.74, 6) is -1.13. The lowest BCUT2D eigenvalue weighted by molar-refractivity contribution is -0.140. The first-order chi connectivity index (χ1) is 11.9. The van der Waals surface area contributed by atoms with Crippen LogP contribution >= 0.6 is 0 Å². The largest absolute Gasteiger partial charge is 0.480 e. The maximum atomic E-state index is 13.0. The molecular formula is C17H21N3O4S. The van der Waals surface area contributed by atoms with Crippen LogP contribution < -0.4 is 0 Å². The lowest BCUT2D eigenvalue weighted by Gasteiger charge is -2.32.